The Kier molecular flexibility index (Phi) is 13.1. The third-order valence-electron chi connectivity index (χ3n) is 5.22. The lowest BCUT2D eigenvalue weighted by molar-refractivity contribution is 0.575. The van der Waals surface area contributed by atoms with Crippen LogP contribution in [-0.2, 0) is 0 Å². The Hall–Kier alpha value is -1.86. The molecule has 1 aromatic rings. The molecule has 0 atom stereocenters. The van der Waals surface area contributed by atoms with Crippen LogP contribution in [0.5, 0.6) is 0 Å². The van der Waals surface area contributed by atoms with Gasteiger partial charge in [-0.3, -0.25) is 0 Å². The van der Waals surface area contributed by atoms with E-state index in [4.69, 9.17) is 12.8 Å². The Labute approximate surface area is 168 Å². The molecule has 148 valence electrons. The van der Waals surface area contributed by atoms with Crippen molar-refractivity contribution in [1.82, 2.24) is 0 Å². The van der Waals surface area contributed by atoms with Gasteiger partial charge in [0, 0.05) is 24.2 Å². The summed E-state index contributed by atoms with van der Waals surface area (Å²) in [4.78, 5) is 2.48. The molecule has 27 heavy (non-hydrogen) atoms. The molecule has 0 fully saturated rings. The molecule has 1 aromatic carbocycles. The van der Waals surface area contributed by atoms with Gasteiger partial charge in [0.25, 0.3) is 0 Å². The molecule has 0 aliphatic rings. The minimum absolute atomic E-state index is 0.917. The molecule has 0 heterocycles. The fourth-order valence-corrected chi connectivity index (χ4v) is 3.52. The number of terminal acetylenes is 2. The number of hydrogen-bond donors (Lipinski definition) is 0. The minimum atomic E-state index is 0.917. The van der Waals surface area contributed by atoms with Crippen LogP contribution in [0.4, 0.5) is 5.69 Å². The number of hydrogen-bond acceptors (Lipinski definition) is 1. The van der Waals surface area contributed by atoms with E-state index in [2.05, 4.69) is 36.7 Å². The molecule has 0 unspecified atom stereocenters. The molecule has 0 bridgehead atoms. The van der Waals surface area contributed by atoms with Gasteiger partial charge in [0.05, 0.1) is 5.69 Å². The molecule has 0 aromatic heterocycles. The first-order valence-electron chi connectivity index (χ1n) is 11.1. The molecule has 1 nitrogen and oxygen atoms in total. The Morgan fingerprint density at radius 1 is 0.704 bits per heavy atom. The third-order valence-corrected chi connectivity index (χ3v) is 5.22. The molecule has 0 aliphatic heterocycles. The molecule has 0 saturated carbocycles. The maximum Gasteiger partial charge on any atom is 0.0537 e. The van der Waals surface area contributed by atoms with E-state index >= 15 is 0 Å². The predicted molar refractivity (Wildman–Crippen MR) is 121 cm³/mol. The monoisotopic (exact) mass is 365 g/mol. The van der Waals surface area contributed by atoms with Crippen LogP contribution < -0.4 is 4.90 Å². The fourth-order valence-electron chi connectivity index (χ4n) is 3.52. The van der Waals surface area contributed by atoms with Gasteiger partial charge in [-0.1, -0.05) is 89.9 Å². The van der Waals surface area contributed by atoms with Crippen LogP contribution in [0.25, 0.3) is 0 Å². The van der Waals surface area contributed by atoms with Crippen LogP contribution in [-0.4, -0.2) is 13.1 Å². The number of rotatable bonds is 15. The number of nitrogens with zero attached hydrogens (tertiary/aromatic N) is 1. The van der Waals surface area contributed by atoms with Crippen molar-refractivity contribution in [2.75, 3.05) is 18.0 Å². The van der Waals surface area contributed by atoms with Crippen molar-refractivity contribution in [3.8, 4) is 24.7 Å². The Bertz CT molecular complexity index is 571. The summed E-state index contributed by atoms with van der Waals surface area (Å²) in [5, 5.41) is 0. The lowest BCUT2D eigenvalue weighted by Gasteiger charge is -2.26. The van der Waals surface area contributed by atoms with Crippen LogP contribution >= 0.6 is 0 Å². The number of unbranched alkanes of at least 4 members (excludes halogenated alkanes) is 10. The summed E-state index contributed by atoms with van der Waals surface area (Å²) in [5.41, 5.74) is 3.03. The molecule has 0 radical (unpaired) electrons. The van der Waals surface area contributed by atoms with Crippen molar-refractivity contribution in [3.63, 3.8) is 0 Å². The van der Waals surface area contributed by atoms with Gasteiger partial charge < -0.3 is 4.90 Å². The van der Waals surface area contributed by atoms with Crippen LogP contribution in [0.15, 0.2) is 18.2 Å². The van der Waals surface area contributed by atoms with Crippen molar-refractivity contribution in [2.45, 2.75) is 90.9 Å². The molecular weight excluding hydrogens is 326 g/mol. The second kappa shape index (κ2) is 15.2. The van der Waals surface area contributed by atoms with Crippen molar-refractivity contribution in [1.29, 1.82) is 0 Å². The third kappa shape index (κ3) is 9.58. The summed E-state index contributed by atoms with van der Waals surface area (Å²) in [6, 6.07) is 6.05. The largest absolute Gasteiger partial charge is 0.370 e. The zero-order valence-corrected chi connectivity index (χ0v) is 17.7. The lowest BCUT2D eigenvalue weighted by atomic mass is 10.1. The normalized spacial score (nSPS) is 10.4. The van der Waals surface area contributed by atoms with E-state index in [9.17, 15) is 0 Å². The standard InChI is InChI=1S/C26H39N/c1-5-9-11-13-15-17-21-27(22-18-16-14-12-10-6-2)26-23-24(7-3)19-20-25(26)8-4/h3-4,19-20,23H,5-6,9-18,21-22H2,1-2H3. The molecular formula is C26H39N. The SMILES string of the molecule is C#Cc1ccc(C#C)c(N(CCCCCCCC)CCCCCCCC)c1. The Morgan fingerprint density at radius 2 is 1.22 bits per heavy atom. The smallest absolute Gasteiger partial charge is 0.0537 e. The highest BCUT2D eigenvalue weighted by atomic mass is 15.1. The predicted octanol–water partition coefficient (Wildman–Crippen LogP) is 7.18. The summed E-state index contributed by atoms with van der Waals surface area (Å²) in [7, 11) is 0. The molecule has 0 aliphatic carbocycles. The van der Waals surface area contributed by atoms with Crippen LogP contribution in [0, 0.1) is 24.7 Å². The van der Waals surface area contributed by atoms with Gasteiger partial charge >= 0.3 is 0 Å². The summed E-state index contributed by atoms with van der Waals surface area (Å²) in [5.74, 6) is 5.61. The maximum atomic E-state index is 5.77. The summed E-state index contributed by atoms with van der Waals surface area (Å²) in [6.07, 6.45) is 27.1. The van der Waals surface area contributed by atoms with Gasteiger partial charge in [-0.15, -0.1) is 12.8 Å². The van der Waals surface area contributed by atoms with Crippen molar-refractivity contribution >= 4 is 5.69 Å². The van der Waals surface area contributed by atoms with Crippen LogP contribution in [0.2, 0.25) is 0 Å². The van der Waals surface area contributed by atoms with Gasteiger partial charge in [-0.2, -0.15) is 0 Å². The van der Waals surface area contributed by atoms with Gasteiger partial charge in [-0.25, -0.2) is 0 Å². The zero-order chi connectivity index (χ0) is 19.7. The fraction of sp³-hybridized carbons (Fsp3) is 0.615. The maximum absolute atomic E-state index is 5.77. The van der Waals surface area contributed by atoms with Crippen molar-refractivity contribution in [3.05, 3.63) is 29.3 Å². The highest BCUT2D eigenvalue weighted by Crippen LogP contribution is 2.23. The summed E-state index contributed by atoms with van der Waals surface area (Å²) < 4.78 is 0. The van der Waals surface area contributed by atoms with Crippen LogP contribution in [0.1, 0.15) is 102 Å². The highest BCUT2D eigenvalue weighted by Gasteiger charge is 2.11. The second-order valence-electron chi connectivity index (χ2n) is 7.54. The first-order chi connectivity index (χ1) is 13.3. The van der Waals surface area contributed by atoms with Crippen molar-refractivity contribution < 1.29 is 0 Å². The van der Waals surface area contributed by atoms with E-state index in [1.54, 1.807) is 0 Å². The van der Waals surface area contributed by atoms with E-state index in [0.717, 1.165) is 29.9 Å². The van der Waals surface area contributed by atoms with Gasteiger partial charge in [0.1, 0.15) is 0 Å². The van der Waals surface area contributed by atoms with E-state index in [0.29, 0.717) is 0 Å². The number of benzene rings is 1. The summed E-state index contributed by atoms with van der Waals surface area (Å²) in [6.45, 7) is 6.68. The van der Waals surface area contributed by atoms with E-state index in [-0.39, 0.29) is 0 Å². The Morgan fingerprint density at radius 3 is 1.70 bits per heavy atom. The topological polar surface area (TPSA) is 3.24 Å². The van der Waals surface area contributed by atoms with E-state index in [1.807, 2.05) is 12.1 Å². The van der Waals surface area contributed by atoms with E-state index < -0.39 is 0 Å². The molecule has 1 rings (SSSR count). The lowest BCUT2D eigenvalue weighted by Crippen LogP contribution is -2.26. The van der Waals surface area contributed by atoms with Gasteiger partial charge in [-0.05, 0) is 31.0 Å². The molecule has 0 saturated heterocycles. The van der Waals surface area contributed by atoms with Crippen molar-refractivity contribution in [2.24, 2.45) is 0 Å². The minimum Gasteiger partial charge on any atom is -0.370 e. The number of anilines is 1. The molecule has 0 N–H and O–H groups in total. The average molecular weight is 366 g/mol. The molecule has 0 spiro atoms. The second-order valence-corrected chi connectivity index (χ2v) is 7.54. The highest BCUT2D eigenvalue weighted by molar-refractivity contribution is 5.63. The molecule has 0 amide bonds. The molecule has 1 heteroatoms. The first-order valence-corrected chi connectivity index (χ1v) is 11.1. The Balaban J connectivity index is 2.67. The van der Waals surface area contributed by atoms with Gasteiger partial charge in [0.15, 0.2) is 0 Å². The van der Waals surface area contributed by atoms with E-state index in [1.165, 1.54) is 77.0 Å². The first kappa shape index (κ1) is 23.2. The quantitative estimate of drug-likeness (QED) is 0.235. The van der Waals surface area contributed by atoms with Gasteiger partial charge in [0.2, 0.25) is 0 Å². The summed E-state index contributed by atoms with van der Waals surface area (Å²) >= 11 is 0. The van der Waals surface area contributed by atoms with Crippen LogP contribution in [0.3, 0.4) is 0 Å². The average Bonchev–Trinajstić information content (AvgIpc) is 2.71. The zero-order valence-electron chi connectivity index (χ0n) is 17.7.